The summed E-state index contributed by atoms with van der Waals surface area (Å²) in [6.07, 6.45) is 0. The Morgan fingerprint density at radius 1 is 1.29 bits per heavy atom. The van der Waals surface area contributed by atoms with Gasteiger partial charge in [-0.3, -0.25) is 0 Å². The Balaban J connectivity index is 3.68. The van der Waals surface area contributed by atoms with E-state index < -0.39 is 0 Å². The molecule has 0 aromatic rings. The highest BCUT2D eigenvalue weighted by Gasteiger charge is 1.82. The molecule has 0 amide bonds. The van der Waals surface area contributed by atoms with Crippen LogP contribution in [0.15, 0.2) is 16.7 Å². The fourth-order valence-corrected chi connectivity index (χ4v) is 0.467. The molecule has 1 nitrogen and oxygen atoms in total. The Morgan fingerprint density at radius 3 is 1.71 bits per heavy atom. The number of aliphatic imine (C=N–C) groups is 1. The molecule has 0 aliphatic heterocycles. The van der Waals surface area contributed by atoms with Gasteiger partial charge in [0.05, 0.1) is 0 Å². The Morgan fingerprint density at radius 2 is 1.71 bits per heavy atom. The van der Waals surface area contributed by atoms with Crippen molar-refractivity contribution in [1.29, 1.82) is 0 Å². The van der Waals surface area contributed by atoms with E-state index in [9.17, 15) is 0 Å². The predicted molar refractivity (Wildman–Crippen MR) is 34.1 cm³/mol. The maximum atomic E-state index is 5.12. The van der Waals surface area contributed by atoms with Crippen LogP contribution >= 0.6 is 34.8 Å². The molecule has 0 N–H and O–H groups in total. The minimum atomic E-state index is -0.125. The largest absolute Gasteiger partial charge is 0.213 e. The van der Waals surface area contributed by atoms with Gasteiger partial charge in [-0.1, -0.05) is 18.2 Å². The van der Waals surface area contributed by atoms with E-state index in [2.05, 4.69) is 11.6 Å². The van der Waals surface area contributed by atoms with Crippen LogP contribution in [0.5, 0.6) is 0 Å². The zero-order valence-electron chi connectivity index (χ0n) is 3.29. The summed E-state index contributed by atoms with van der Waals surface area (Å²) < 4.78 is -0.125. The molecule has 4 heteroatoms. The fraction of sp³-hybridized carbons (Fsp3) is 0. The molecule has 0 aliphatic rings. The zero-order valence-corrected chi connectivity index (χ0v) is 5.56. The van der Waals surface area contributed by atoms with E-state index in [0.717, 1.165) is 0 Å². The van der Waals surface area contributed by atoms with Gasteiger partial charge in [0.1, 0.15) is 5.16 Å². The second-order valence-electron chi connectivity index (χ2n) is 0.729. The molecule has 0 aliphatic carbocycles. The van der Waals surface area contributed by atoms with Crippen molar-refractivity contribution in [2.24, 2.45) is 4.99 Å². The van der Waals surface area contributed by atoms with Crippen LogP contribution in [0.2, 0.25) is 0 Å². The molecule has 0 heterocycles. The maximum absolute atomic E-state index is 5.12. The van der Waals surface area contributed by atoms with Crippen molar-refractivity contribution in [2.45, 2.75) is 0 Å². The van der Waals surface area contributed by atoms with Gasteiger partial charge in [-0.05, 0) is 23.2 Å². The molecule has 0 saturated heterocycles. The highest BCUT2D eigenvalue weighted by Crippen LogP contribution is 2.02. The predicted octanol–water partition coefficient (Wildman–Crippen LogP) is 2.53. The van der Waals surface area contributed by atoms with Gasteiger partial charge >= 0.3 is 0 Å². The van der Waals surface area contributed by atoms with Gasteiger partial charge < -0.3 is 0 Å². The summed E-state index contributed by atoms with van der Waals surface area (Å²) in [7, 11) is 0. The third kappa shape index (κ3) is 6.28. The fourth-order valence-electron chi connectivity index (χ4n) is 0.0917. The van der Waals surface area contributed by atoms with Crippen LogP contribution in [0.4, 0.5) is 0 Å². The lowest BCUT2D eigenvalue weighted by Crippen LogP contribution is -1.66. The van der Waals surface area contributed by atoms with Gasteiger partial charge in [-0.2, -0.15) is 0 Å². The van der Waals surface area contributed by atoms with E-state index in [1.54, 1.807) is 0 Å². The Bertz CT molecular complexity index is 103. The average Bonchev–Trinajstić information content (AvgIpc) is 1.27. The lowest BCUT2D eigenvalue weighted by atomic mass is 11.0. The van der Waals surface area contributed by atoms with Crippen LogP contribution in [-0.2, 0) is 0 Å². The SMILES string of the molecule is C=C(Cl)N=C(Cl)Cl. The second kappa shape index (κ2) is 3.30. The average molecular weight is 158 g/mol. The molecule has 0 unspecified atom stereocenters. The summed E-state index contributed by atoms with van der Waals surface area (Å²) in [4.78, 5) is 3.30. The van der Waals surface area contributed by atoms with Crippen LogP contribution in [0.3, 0.4) is 0 Å². The molecular weight excluding hydrogens is 156 g/mol. The summed E-state index contributed by atoms with van der Waals surface area (Å²) in [5.74, 6) is 0. The van der Waals surface area contributed by atoms with Crippen LogP contribution in [-0.4, -0.2) is 4.63 Å². The number of halogens is 3. The molecule has 0 radical (unpaired) electrons. The summed E-state index contributed by atoms with van der Waals surface area (Å²) in [5, 5.41) is 0.0833. The van der Waals surface area contributed by atoms with Gasteiger partial charge in [0.2, 0.25) is 0 Å². The van der Waals surface area contributed by atoms with Crippen LogP contribution < -0.4 is 0 Å². The van der Waals surface area contributed by atoms with Gasteiger partial charge in [0.15, 0.2) is 4.63 Å². The summed E-state index contributed by atoms with van der Waals surface area (Å²) in [5.41, 5.74) is 0. The second-order valence-corrected chi connectivity index (χ2v) is 2.07. The van der Waals surface area contributed by atoms with E-state index >= 15 is 0 Å². The first-order chi connectivity index (χ1) is 3.13. The molecule has 0 bridgehead atoms. The van der Waals surface area contributed by atoms with Gasteiger partial charge in [-0.15, -0.1) is 0 Å². The molecule has 0 atom stereocenters. The van der Waals surface area contributed by atoms with Gasteiger partial charge in [0, 0.05) is 0 Å². The number of hydrogen-bond acceptors (Lipinski definition) is 1. The zero-order chi connectivity index (χ0) is 5.86. The van der Waals surface area contributed by atoms with E-state index in [1.165, 1.54) is 0 Å². The number of rotatable bonds is 1. The Kier molecular flexibility index (Phi) is 3.44. The normalized spacial score (nSPS) is 7.86. The Hall–Kier alpha value is 0.280. The van der Waals surface area contributed by atoms with Gasteiger partial charge in [-0.25, -0.2) is 4.99 Å². The van der Waals surface area contributed by atoms with Crippen molar-refractivity contribution in [3.8, 4) is 0 Å². The topological polar surface area (TPSA) is 12.4 Å². The van der Waals surface area contributed by atoms with E-state index in [-0.39, 0.29) is 9.79 Å². The molecular formula is C3H2Cl3N. The Labute approximate surface area is 56.6 Å². The lowest BCUT2D eigenvalue weighted by Gasteiger charge is -1.78. The van der Waals surface area contributed by atoms with Gasteiger partial charge in [0.25, 0.3) is 0 Å². The van der Waals surface area contributed by atoms with E-state index in [4.69, 9.17) is 34.8 Å². The summed E-state index contributed by atoms with van der Waals surface area (Å²) in [6.45, 7) is 3.20. The van der Waals surface area contributed by atoms with Crippen LogP contribution in [0, 0.1) is 0 Å². The summed E-state index contributed by atoms with van der Waals surface area (Å²) >= 11 is 15.2. The first-order valence-electron chi connectivity index (χ1n) is 1.37. The molecule has 0 aromatic carbocycles. The standard InChI is InChI=1S/C3H2Cl3N/c1-2(4)7-3(5)6/h1H2. The van der Waals surface area contributed by atoms with Crippen LogP contribution in [0.1, 0.15) is 0 Å². The highest BCUT2D eigenvalue weighted by atomic mass is 35.5. The van der Waals surface area contributed by atoms with E-state index in [1.807, 2.05) is 0 Å². The molecule has 40 valence electrons. The first kappa shape index (κ1) is 7.28. The van der Waals surface area contributed by atoms with Crippen molar-refractivity contribution in [3.63, 3.8) is 0 Å². The third-order valence-electron chi connectivity index (χ3n) is 0.206. The maximum Gasteiger partial charge on any atom is 0.197 e. The van der Waals surface area contributed by atoms with Crippen molar-refractivity contribution in [1.82, 2.24) is 0 Å². The molecule has 0 rings (SSSR count). The molecule has 0 fully saturated rings. The van der Waals surface area contributed by atoms with E-state index in [0.29, 0.717) is 0 Å². The summed E-state index contributed by atoms with van der Waals surface area (Å²) in [6, 6.07) is 0. The number of hydrogen-bond donors (Lipinski definition) is 0. The molecule has 0 aromatic heterocycles. The number of nitrogens with zero attached hydrogens (tertiary/aromatic N) is 1. The first-order valence-corrected chi connectivity index (χ1v) is 2.50. The van der Waals surface area contributed by atoms with Crippen molar-refractivity contribution in [3.05, 3.63) is 11.7 Å². The van der Waals surface area contributed by atoms with Crippen molar-refractivity contribution in [2.75, 3.05) is 0 Å². The lowest BCUT2D eigenvalue weighted by molar-refractivity contribution is 1.57. The quantitative estimate of drug-likeness (QED) is 0.411. The smallest absolute Gasteiger partial charge is 0.197 e. The molecule has 0 spiro atoms. The minimum Gasteiger partial charge on any atom is -0.213 e. The molecule has 7 heavy (non-hydrogen) atoms. The highest BCUT2D eigenvalue weighted by molar-refractivity contribution is 6.95. The minimum absolute atomic E-state index is 0.0833. The molecule has 0 saturated carbocycles. The van der Waals surface area contributed by atoms with Crippen molar-refractivity contribution >= 4 is 39.4 Å². The monoisotopic (exact) mass is 157 g/mol. The van der Waals surface area contributed by atoms with Crippen LogP contribution in [0.25, 0.3) is 0 Å². The third-order valence-corrected chi connectivity index (χ3v) is 0.459. The van der Waals surface area contributed by atoms with Crippen molar-refractivity contribution < 1.29 is 0 Å².